The number of halogens is 2. The lowest BCUT2D eigenvalue weighted by molar-refractivity contribution is 0.0996. The molecule has 0 saturated carbocycles. The second kappa shape index (κ2) is 10.5. The number of nitrogens with one attached hydrogen (secondary N) is 2. The minimum atomic E-state index is -0.631. The van der Waals surface area contributed by atoms with Gasteiger partial charge in [0.1, 0.15) is 5.75 Å². The molecule has 1 unspecified atom stereocenters. The van der Waals surface area contributed by atoms with Crippen molar-refractivity contribution in [1.29, 1.82) is 0 Å². The van der Waals surface area contributed by atoms with E-state index in [0.717, 1.165) is 43.0 Å². The first kappa shape index (κ1) is 24.1. The van der Waals surface area contributed by atoms with Crippen LogP contribution in [0, 0.1) is 0 Å². The van der Waals surface area contributed by atoms with Gasteiger partial charge in [-0.25, -0.2) is 4.98 Å². The maximum atomic E-state index is 12.1. The van der Waals surface area contributed by atoms with Gasteiger partial charge in [0.15, 0.2) is 5.69 Å². The van der Waals surface area contributed by atoms with Crippen molar-refractivity contribution in [3.8, 4) is 5.75 Å². The maximum Gasteiger partial charge on any atom is 0.269 e. The molecular weight excluding hydrogens is 473 g/mol. The van der Waals surface area contributed by atoms with Crippen molar-refractivity contribution >= 4 is 46.2 Å². The first-order valence-corrected chi connectivity index (χ1v) is 11.8. The molecule has 1 aromatic heterocycles. The third kappa shape index (κ3) is 5.06. The molecule has 1 atom stereocenters. The second-order valence-corrected chi connectivity index (χ2v) is 8.95. The van der Waals surface area contributed by atoms with E-state index in [1.54, 1.807) is 31.5 Å². The fourth-order valence-corrected chi connectivity index (χ4v) is 4.87. The van der Waals surface area contributed by atoms with Crippen LogP contribution in [0.1, 0.15) is 34.5 Å². The Bertz CT molecular complexity index is 1180. The zero-order chi connectivity index (χ0) is 24.2. The Balaban J connectivity index is 1.69. The summed E-state index contributed by atoms with van der Waals surface area (Å²) in [5, 5.41) is 7.79. The molecule has 4 rings (SSSR count). The molecule has 178 valence electrons. The van der Waals surface area contributed by atoms with Crippen LogP contribution in [0.25, 0.3) is 0 Å². The van der Waals surface area contributed by atoms with Crippen LogP contribution >= 0.6 is 23.2 Å². The van der Waals surface area contributed by atoms with E-state index in [1.165, 1.54) is 0 Å². The number of benzene rings is 2. The molecule has 1 aliphatic rings. The molecule has 9 heteroatoms. The van der Waals surface area contributed by atoms with Crippen molar-refractivity contribution < 1.29 is 9.53 Å². The summed E-state index contributed by atoms with van der Waals surface area (Å²) in [6.07, 6.45) is 1.63. The van der Waals surface area contributed by atoms with Gasteiger partial charge in [0.2, 0.25) is 0 Å². The van der Waals surface area contributed by atoms with E-state index in [0.29, 0.717) is 27.2 Å². The van der Waals surface area contributed by atoms with Gasteiger partial charge in [-0.15, -0.1) is 0 Å². The number of primary amides is 1. The molecule has 0 bridgehead atoms. The molecule has 0 radical (unpaired) electrons. The van der Waals surface area contributed by atoms with Gasteiger partial charge >= 0.3 is 0 Å². The number of piperazine rings is 1. The number of nitrogens with zero attached hydrogens (tertiary/aromatic N) is 2. The van der Waals surface area contributed by atoms with Crippen LogP contribution < -0.4 is 26.0 Å². The average molecular weight is 500 g/mol. The molecule has 1 fully saturated rings. The highest BCUT2D eigenvalue weighted by molar-refractivity contribution is 6.36. The van der Waals surface area contributed by atoms with Gasteiger partial charge in [-0.1, -0.05) is 36.2 Å². The van der Waals surface area contributed by atoms with E-state index in [-0.39, 0.29) is 11.6 Å². The highest BCUT2D eigenvalue weighted by atomic mass is 35.5. The zero-order valence-electron chi connectivity index (χ0n) is 19.1. The van der Waals surface area contributed by atoms with Crippen LogP contribution in [0.2, 0.25) is 10.0 Å². The summed E-state index contributed by atoms with van der Waals surface area (Å²) in [6.45, 7) is 5.72. The highest BCUT2D eigenvalue weighted by Gasteiger charge is 2.20. The Kier molecular flexibility index (Phi) is 7.46. The lowest BCUT2D eigenvalue weighted by Crippen LogP contribution is -2.43. The quantitative estimate of drug-likeness (QED) is 0.432. The summed E-state index contributed by atoms with van der Waals surface area (Å²) in [4.78, 5) is 18.8. The number of ether oxygens (including phenoxy) is 1. The van der Waals surface area contributed by atoms with Crippen LogP contribution in [-0.2, 0) is 0 Å². The zero-order valence-corrected chi connectivity index (χ0v) is 20.6. The molecule has 1 amide bonds. The van der Waals surface area contributed by atoms with Gasteiger partial charge < -0.3 is 26.0 Å². The molecule has 0 spiro atoms. The van der Waals surface area contributed by atoms with Crippen LogP contribution in [0.3, 0.4) is 0 Å². The van der Waals surface area contributed by atoms with Crippen molar-refractivity contribution in [3.05, 3.63) is 75.5 Å². The van der Waals surface area contributed by atoms with Crippen LogP contribution in [0.15, 0.2) is 48.7 Å². The Hall–Kier alpha value is -3.00. The molecule has 2 heterocycles. The van der Waals surface area contributed by atoms with Crippen LogP contribution in [0.5, 0.6) is 5.75 Å². The summed E-state index contributed by atoms with van der Waals surface area (Å²) in [5.41, 5.74) is 9.64. The largest absolute Gasteiger partial charge is 0.494 e. The van der Waals surface area contributed by atoms with Crippen LogP contribution in [-0.4, -0.2) is 44.2 Å². The molecule has 1 saturated heterocycles. The number of hydrogen-bond acceptors (Lipinski definition) is 6. The SMILES string of the molecule is COc1cc(N2CCNCC2)ccc1Nc1cc(C(C)c2c(Cl)cccc2Cl)cnc1C(N)=O. The monoisotopic (exact) mass is 499 g/mol. The Morgan fingerprint density at radius 2 is 1.85 bits per heavy atom. The summed E-state index contributed by atoms with van der Waals surface area (Å²) < 4.78 is 5.65. The number of carbonyl (C=O) groups excluding carboxylic acids is 1. The third-order valence-corrected chi connectivity index (χ3v) is 6.67. The Morgan fingerprint density at radius 1 is 1.15 bits per heavy atom. The number of anilines is 3. The normalized spacial score (nSPS) is 14.5. The van der Waals surface area contributed by atoms with Gasteiger partial charge in [0.25, 0.3) is 5.91 Å². The number of pyridine rings is 1. The summed E-state index contributed by atoms with van der Waals surface area (Å²) in [6, 6.07) is 13.2. The maximum absolute atomic E-state index is 12.1. The number of rotatable bonds is 7. The number of hydrogen-bond donors (Lipinski definition) is 3. The second-order valence-electron chi connectivity index (χ2n) is 8.13. The molecule has 1 aliphatic heterocycles. The van der Waals surface area contributed by atoms with Gasteiger partial charge in [-0.2, -0.15) is 0 Å². The Morgan fingerprint density at radius 3 is 2.50 bits per heavy atom. The fourth-order valence-electron chi connectivity index (χ4n) is 4.15. The molecule has 4 N–H and O–H groups in total. The van der Waals surface area contributed by atoms with Gasteiger partial charge in [0.05, 0.1) is 18.5 Å². The topological polar surface area (TPSA) is 92.5 Å². The predicted molar refractivity (Wildman–Crippen MR) is 138 cm³/mol. The summed E-state index contributed by atoms with van der Waals surface area (Å²) in [7, 11) is 1.62. The molecule has 7 nitrogen and oxygen atoms in total. The van der Waals surface area contributed by atoms with E-state index in [9.17, 15) is 4.79 Å². The van der Waals surface area contributed by atoms with Gasteiger partial charge in [-0.3, -0.25) is 4.79 Å². The van der Waals surface area contributed by atoms with Crippen molar-refractivity contribution in [2.45, 2.75) is 12.8 Å². The van der Waals surface area contributed by atoms with E-state index >= 15 is 0 Å². The first-order valence-electron chi connectivity index (χ1n) is 11.0. The number of methoxy groups -OCH3 is 1. The predicted octanol–water partition coefficient (Wildman–Crippen LogP) is 4.80. The van der Waals surface area contributed by atoms with Crippen molar-refractivity contribution in [1.82, 2.24) is 10.3 Å². The third-order valence-electron chi connectivity index (χ3n) is 6.01. The van der Waals surface area contributed by atoms with Crippen molar-refractivity contribution in [2.24, 2.45) is 5.73 Å². The lowest BCUT2D eigenvalue weighted by atomic mass is 9.93. The smallest absolute Gasteiger partial charge is 0.269 e. The minimum absolute atomic E-state index is 0.134. The molecular formula is C25H27Cl2N5O2. The number of carbonyl (C=O) groups is 1. The number of aromatic nitrogens is 1. The standard InChI is InChI=1S/C25H27Cl2N5O2/c1-15(23-18(26)4-3-5-19(23)27)16-12-21(24(25(28)33)30-14-16)31-20-7-6-17(13-22(20)34-2)32-10-8-29-9-11-32/h3-7,12-15,29,31H,8-11H2,1-2H3,(H2,28,33). The summed E-state index contributed by atoms with van der Waals surface area (Å²) >= 11 is 12.8. The lowest BCUT2D eigenvalue weighted by Gasteiger charge is -2.30. The van der Waals surface area contributed by atoms with E-state index in [4.69, 9.17) is 33.7 Å². The molecule has 0 aliphatic carbocycles. The van der Waals surface area contributed by atoms with Gasteiger partial charge in [0, 0.05) is 60.1 Å². The molecule has 34 heavy (non-hydrogen) atoms. The van der Waals surface area contributed by atoms with Crippen molar-refractivity contribution in [2.75, 3.05) is 43.5 Å². The number of amides is 1. The van der Waals surface area contributed by atoms with Crippen LogP contribution in [0.4, 0.5) is 17.1 Å². The van der Waals surface area contributed by atoms with E-state index in [1.807, 2.05) is 31.2 Å². The molecule has 2 aromatic carbocycles. The molecule has 3 aromatic rings. The Labute approximate surface area is 209 Å². The summed E-state index contributed by atoms with van der Waals surface area (Å²) in [5.74, 6) is -0.138. The number of nitrogens with two attached hydrogens (primary N) is 1. The average Bonchev–Trinajstić information content (AvgIpc) is 2.84. The fraction of sp³-hybridized carbons (Fsp3) is 0.280. The first-order chi connectivity index (χ1) is 16.4. The minimum Gasteiger partial charge on any atom is -0.494 e. The van der Waals surface area contributed by atoms with Gasteiger partial charge in [-0.05, 0) is 41.5 Å². The highest BCUT2D eigenvalue weighted by Crippen LogP contribution is 2.38. The van der Waals surface area contributed by atoms with E-state index in [2.05, 4.69) is 20.5 Å². The van der Waals surface area contributed by atoms with E-state index < -0.39 is 5.91 Å². The van der Waals surface area contributed by atoms with Crippen molar-refractivity contribution in [3.63, 3.8) is 0 Å².